The summed E-state index contributed by atoms with van der Waals surface area (Å²) in [5.74, 6) is 1.04. The SMILES string of the molecule is CCC(C)CC(C)(O)C(C)CC. The van der Waals surface area contributed by atoms with E-state index in [1.807, 2.05) is 6.92 Å². The van der Waals surface area contributed by atoms with Crippen LogP contribution in [0, 0.1) is 11.8 Å². The lowest BCUT2D eigenvalue weighted by atomic mass is 9.81. The van der Waals surface area contributed by atoms with E-state index in [0.29, 0.717) is 11.8 Å². The van der Waals surface area contributed by atoms with E-state index in [-0.39, 0.29) is 0 Å². The highest BCUT2D eigenvalue weighted by Gasteiger charge is 2.28. The van der Waals surface area contributed by atoms with Crippen molar-refractivity contribution in [2.45, 2.75) is 59.5 Å². The first-order chi connectivity index (χ1) is 5.44. The second-order valence-electron chi connectivity index (χ2n) is 4.38. The zero-order chi connectivity index (χ0) is 9.78. The van der Waals surface area contributed by atoms with Gasteiger partial charge in [-0.15, -0.1) is 0 Å². The minimum Gasteiger partial charge on any atom is -0.390 e. The summed E-state index contributed by atoms with van der Waals surface area (Å²) in [5.41, 5.74) is -0.468. The first-order valence-electron chi connectivity index (χ1n) is 5.16. The zero-order valence-electron chi connectivity index (χ0n) is 9.22. The standard InChI is InChI=1S/C11H24O/c1-6-9(3)8-11(5,12)10(4)7-2/h9-10,12H,6-8H2,1-5H3. The number of hydrogen-bond donors (Lipinski definition) is 1. The highest BCUT2D eigenvalue weighted by Crippen LogP contribution is 2.28. The predicted octanol–water partition coefficient (Wildman–Crippen LogP) is 3.22. The van der Waals surface area contributed by atoms with Gasteiger partial charge in [-0.25, -0.2) is 0 Å². The van der Waals surface area contributed by atoms with Crippen LogP contribution in [0.3, 0.4) is 0 Å². The van der Waals surface area contributed by atoms with Gasteiger partial charge in [0, 0.05) is 0 Å². The second kappa shape index (κ2) is 4.86. The molecule has 0 aliphatic heterocycles. The molecular formula is C11H24O. The summed E-state index contributed by atoms with van der Waals surface area (Å²) >= 11 is 0. The Morgan fingerprint density at radius 3 is 2.00 bits per heavy atom. The lowest BCUT2D eigenvalue weighted by Gasteiger charge is -2.32. The van der Waals surface area contributed by atoms with Crippen molar-refractivity contribution in [3.05, 3.63) is 0 Å². The molecule has 74 valence electrons. The van der Waals surface area contributed by atoms with Crippen LogP contribution in [-0.4, -0.2) is 10.7 Å². The van der Waals surface area contributed by atoms with Crippen molar-refractivity contribution in [2.24, 2.45) is 11.8 Å². The maximum Gasteiger partial charge on any atom is 0.0647 e. The summed E-state index contributed by atoms with van der Waals surface area (Å²) in [6, 6.07) is 0. The number of rotatable bonds is 5. The number of hydrogen-bond acceptors (Lipinski definition) is 1. The molecule has 0 rings (SSSR count). The molecule has 0 aliphatic carbocycles. The summed E-state index contributed by atoms with van der Waals surface area (Å²) < 4.78 is 0. The smallest absolute Gasteiger partial charge is 0.0647 e. The van der Waals surface area contributed by atoms with Gasteiger partial charge in [0.25, 0.3) is 0 Å². The Bertz CT molecular complexity index is 118. The fourth-order valence-corrected chi connectivity index (χ4v) is 1.49. The van der Waals surface area contributed by atoms with E-state index in [1.165, 1.54) is 0 Å². The van der Waals surface area contributed by atoms with E-state index in [9.17, 15) is 5.11 Å². The Balaban J connectivity index is 4.02. The van der Waals surface area contributed by atoms with E-state index in [1.54, 1.807) is 0 Å². The average Bonchev–Trinajstić information content (AvgIpc) is 2.02. The van der Waals surface area contributed by atoms with Crippen molar-refractivity contribution in [3.8, 4) is 0 Å². The van der Waals surface area contributed by atoms with Crippen LogP contribution in [0.4, 0.5) is 0 Å². The van der Waals surface area contributed by atoms with E-state index in [4.69, 9.17) is 0 Å². The van der Waals surface area contributed by atoms with Crippen molar-refractivity contribution in [2.75, 3.05) is 0 Å². The van der Waals surface area contributed by atoms with Crippen LogP contribution >= 0.6 is 0 Å². The van der Waals surface area contributed by atoms with Gasteiger partial charge in [-0.3, -0.25) is 0 Å². The largest absolute Gasteiger partial charge is 0.390 e. The molecule has 0 radical (unpaired) electrons. The molecule has 0 spiro atoms. The third-order valence-electron chi connectivity index (χ3n) is 3.13. The van der Waals surface area contributed by atoms with E-state index >= 15 is 0 Å². The minimum absolute atomic E-state index is 0.409. The molecule has 0 aromatic carbocycles. The van der Waals surface area contributed by atoms with Crippen LogP contribution in [0.2, 0.25) is 0 Å². The van der Waals surface area contributed by atoms with E-state index in [2.05, 4.69) is 27.7 Å². The Labute approximate surface area is 77.2 Å². The van der Waals surface area contributed by atoms with Gasteiger partial charge in [0.1, 0.15) is 0 Å². The molecule has 0 fully saturated rings. The molecule has 0 aromatic heterocycles. The minimum atomic E-state index is -0.468. The van der Waals surface area contributed by atoms with Gasteiger partial charge < -0.3 is 5.11 Å². The topological polar surface area (TPSA) is 20.2 Å². The van der Waals surface area contributed by atoms with Gasteiger partial charge in [-0.2, -0.15) is 0 Å². The summed E-state index contributed by atoms with van der Waals surface area (Å²) in [4.78, 5) is 0. The monoisotopic (exact) mass is 172 g/mol. The third kappa shape index (κ3) is 3.57. The van der Waals surface area contributed by atoms with Crippen LogP contribution in [0.15, 0.2) is 0 Å². The van der Waals surface area contributed by atoms with Gasteiger partial charge >= 0.3 is 0 Å². The lowest BCUT2D eigenvalue weighted by Crippen LogP contribution is -2.34. The Morgan fingerprint density at radius 1 is 1.17 bits per heavy atom. The first-order valence-corrected chi connectivity index (χ1v) is 5.16. The summed E-state index contributed by atoms with van der Waals surface area (Å²) in [7, 11) is 0. The van der Waals surface area contributed by atoms with Gasteiger partial charge in [-0.1, -0.05) is 40.5 Å². The quantitative estimate of drug-likeness (QED) is 0.675. The maximum atomic E-state index is 10.1. The molecule has 3 atom stereocenters. The molecule has 0 saturated heterocycles. The van der Waals surface area contributed by atoms with Crippen LogP contribution in [0.25, 0.3) is 0 Å². The number of aliphatic hydroxyl groups is 1. The molecule has 0 aromatic rings. The van der Waals surface area contributed by atoms with E-state index < -0.39 is 5.60 Å². The molecule has 3 unspecified atom stereocenters. The molecule has 1 heteroatoms. The lowest BCUT2D eigenvalue weighted by molar-refractivity contribution is -0.0156. The second-order valence-corrected chi connectivity index (χ2v) is 4.38. The molecule has 0 heterocycles. The molecule has 0 bridgehead atoms. The summed E-state index contributed by atoms with van der Waals surface area (Å²) in [6.07, 6.45) is 3.15. The average molecular weight is 172 g/mol. The fourth-order valence-electron chi connectivity index (χ4n) is 1.49. The van der Waals surface area contributed by atoms with Crippen LogP contribution in [0.5, 0.6) is 0 Å². The molecule has 1 N–H and O–H groups in total. The van der Waals surface area contributed by atoms with Crippen molar-refractivity contribution < 1.29 is 5.11 Å². The highest BCUT2D eigenvalue weighted by molar-refractivity contribution is 4.79. The Morgan fingerprint density at radius 2 is 1.67 bits per heavy atom. The van der Waals surface area contributed by atoms with Crippen molar-refractivity contribution in [1.82, 2.24) is 0 Å². The van der Waals surface area contributed by atoms with Gasteiger partial charge in [0.05, 0.1) is 5.60 Å². The van der Waals surface area contributed by atoms with Gasteiger partial charge in [0.15, 0.2) is 0 Å². The van der Waals surface area contributed by atoms with Crippen molar-refractivity contribution >= 4 is 0 Å². The third-order valence-corrected chi connectivity index (χ3v) is 3.13. The fraction of sp³-hybridized carbons (Fsp3) is 1.00. The summed E-state index contributed by atoms with van der Waals surface area (Å²) in [6.45, 7) is 10.6. The normalized spacial score (nSPS) is 21.5. The maximum absolute atomic E-state index is 10.1. The molecule has 0 aliphatic rings. The van der Waals surface area contributed by atoms with Crippen LogP contribution < -0.4 is 0 Å². The van der Waals surface area contributed by atoms with Gasteiger partial charge in [-0.05, 0) is 25.2 Å². The Hall–Kier alpha value is -0.0400. The molecule has 1 nitrogen and oxygen atoms in total. The van der Waals surface area contributed by atoms with Crippen LogP contribution in [-0.2, 0) is 0 Å². The van der Waals surface area contributed by atoms with Crippen LogP contribution in [0.1, 0.15) is 53.9 Å². The van der Waals surface area contributed by atoms with Crippen molar-refractivity contribution in [1.29, 1.82) is 0 Å². The first kappa shape index (κ1) is 12.0. The highest BCUT2D eigenvalue weighted by atomic mass is 16.3. The Kier molecular flexibility index (Phi) is 4.84. The molecule has 0 amide bonds. The molecular weight excluding hydrogens is 148 g/mol. The van der Waals surface area contributed by atoms with Crippen molar-refractivity contribution in [3.63, 3.8) is 0 Å². The zero-order valence-corrected chi connectivity index (χ0v) is 9.22. The molecule has 12 heavy (non-hydrogen) atoms. The van der Waals surface area contributed by atoms with Gasteiger partial charge in [0.2, 0.25) is 0 Å². The predicted molar refractivity (Wildman–Crippen MR) is 54.2 cm³/mol. The van der Waals surface area contributed by atoms with E-state index in [0.717, 1.165) is 19.3 Å². The molecule has 0 saturated carbocycles. The summed E-state index contributed by atoms with van der Waals surface area (Å²) in [5, 5.41) is 10.1.